The Morgan fingerprint density at radius 1 is 1.56 bits per heavy atom. The van der Waals surface area contributed by atoms with Crippen LogP contribution in [0.4, 0.5) is 4.39 Å². The Bertz CT molecular complexity index is 448. The molecule has 4 nitrogen and oxygen atoms in total. The van der Waals surface area contributed by atoms with Crippen molar-refractivity contribution < 1.29 is 9.18 Å². The van der Waals surface area contributed by atoms with E-state index in [9.17, 15) is 9.18 Å². The summed E-state index contributed by atoms with van der Waals surface area (Å²) in [6.45, 7) is 1.84. The Kier molecular flexibility index (Phi) is 2.59. The molecule has 0 saturated carbocycles. The predicted octanol–water partition coefficient (Wildman–Crippen LogP) is 0.830. The van der Waals surface area contributed by atoms with Gasteiger partial charge in [0.25, 0.3) is 5.91 Å². The van der Waals surface area contributed by atoms with Crippen LogP contribution in [0.2, 0.25) is 0 Å². The van der Waals surface area contributed by atoms with E-state index in [4.69, 9.17) is 12.2 Å². The summed E-state index contributed by atoms with van der Waals surface area (Å²) >= 11 is 4.89. The average molecular weight is 239 g/mol. The molecule has 1 saturated heterocycles. The van der Waals surface area contributed by atoms with Gasteiger partial charge in [-0.1, -0.05) is 6.92 Å². The van der Waals surface area contributed by atoms with Gasteiger partial charge < -0.3 is 10.6 Å². The number of hydrogen-bond donors (Lipinski definition) is 2. The van der Waals surface area contributed by atoms with E-state index < -0.39 is 11.4 Å². The first kappa shape index (κ1) is 10.9. The van der Waals surface area contributed by atoms with E-state index in [1.54, 1.807) is 0 Å². The number of pyridine rings is 1. The lowest BCUT2D eigenvalue weighted by Crippen LogP contribution is -2.43. The third-order valence-corrected chi connectivity index (χ3v) is 2.84. The fraction of sp³-hybridized carbons (Fsp3) is 0.300. The van der Waals surface area contributed by atoms with Crippen LogP contribution >= 0.6 is 12.2 Å². The van der Waals surface area contributed by atoms with Crippen LogP contribution in [0.3, 0.4) is 0 Å². The zero-order valence-electron chi connectivity index (χ0n) is 8.58. The van der Waals surface area contributed by atoms with Crippen LogP contribution in [-0.4, -0.2) is 16.0 Å². The van der Waals surface area contributed by atoms with E-state index in [1.807, 2.05) is 6.92 Å². The van der Waals surface area contributed by atoms with Crippen molar-refractivity contribution in [2.24, 2.45) is 0 Å². The summed E-state index contributed by atoms with van der Waals surface area (Å²) in [5.41, 5.74) is -0.501. The second kappa shape index (κ2) is 3.79. The van der Waals surface area contributed by atoms with Crippen molar-refractivity contribution in [1.29, 1.82) is 0 Å². The smallest absolute Gasteiger partial charge is 0.258 e. The molecule has 84 valence electrons. The van der Waals surface area contributed by atoms with Gasteiger partial charge in [0.15, 0.2) is 10.7 Å². The number of aromatic nitrogens is 1. The number of carbonyl (C=O) groups is 1. The molecule has 0 aliphatic carbocycles. The summed E-state index contributed by atoms with van der Waals surface area (Å²) in [6.07, 6.45) is 1.57. The molecule has 0 bridgehead atoms. The van der Waals surface area contributed by atoms with Crippen molar-refractivity contribution in [2.45, 2.75) is 18.9 Å². The standard InChI is InChI=1S/C10H10FN3OS/c1-2-10(8(15)13-9(16)14-10)7-4-3-6(11)5-12-7/h3-5H,2H2,1H3,(H2,13,14,15,16). The second-order valence-corrected chi connectivity index (χ2v) is 3.94. The number of thiocarbonyl (C=S) groups is 1. The Labute approximate surface area is 97.3 Å². The Hall–Kier alpha value is -1.56. The minimum absolute atomic E-state index is 0.251. The number of nitrogens with one attached hydrogen (secondary N) is 2. The molecule has 16 heavy (non-hydrogen) atoms. The van der Waals surface area contributed by atoms with Crippen molar-refractivity contribution in [2.75, 3.05) is 0 Å². The van der Waals surface area contributed by atoms with Crippen LogP contribution in [0.5, 0.6) is 0 Å². The summed E-state index contributed by atoms with van der Waals surface area (Å²) in [5.74, 6) is -0.685. The maximum Gasteiger partial charge on any atom is 0.258 e. The van der Waals surface area contributed by atoms with Gasteiger partial charge in [-0.05, 0) is 30.8 Å². The Morgan fingerprint density at radius 3 is 2.75 bits per heavy atom. The molecule has 0 radical (unpaired) electrons. The van der Waals surface area contributed by atoms with Gasteiger partial charge in [0.2, 0.25) is 0 Å². The predicted molar refractivity (Wildman–Crippen MR) is 60.0 cm³/mol. The number of nitrogens with zero attached hydrogens (tertiary/aromatic N) is 1. The topological polar surface area (TPSA) is 54.0 Å². The maximum atomic E-state index is 12.8. The van der Waals surface area contributed by atoms with E-state index >= 15 is 0 Å². The first-order valence-electron chi connectivity index (χ1n) is 4.84. The number of carbonyl (C=O) groups excluding carboxylic acids is 1. The van der Waals surface area contributed by atoms with E-state index in [0.29, 0.717) is 12.1 Å². The highest BCUT2D eigenvalue weighted by Crippen LogP contribution is 2.26. The molecule has 6 heteroatoms. The molecule has 1 atom stereocenters. The van der Waals surface area contributed by atoms with Crippen LogP contribution in [0.15, 0.2) is 18.3 Å². The summed E-state index contributed by atoms with van der Waals surface area (Å²) in [6, 6.07) is 2.76. The van der Waals surface area contributed by atoms with Gasteiger partial charge in [0.1, 0.15) is 5.82 Å². The average Bonchev–Trinajstić information content (AvgIpc) is 2.55. The van der Waals surface area contributed by atoms with Gasteiger partial charge in [0, 0.05) is 0 Å². The number of hydrogen-bond acceptors (Lipinski definition) is 3. The summed E-state index contributed by atoms with van der Waals surface area (Å²) in [5, 5.41) is 5.68. The quantitative estimate of drug-likeness (QED) is 0.751. The third-order valence-electron chi connectivity index (χ3n) is 2.64. The largest absolute Gasteiger partial charge is 0.343 e. The molecule has 1 aromatic heterocycles. The highest BCUT2D eigenvalue weighted by atomic mass is 32.1. The number of halogens is 1. The van der Waals surface area contributed by atoms with Crippen LogP contribution in [0.1, 0.15) is 19.0 Å². The lowest BCUT2D eigenvalue weighted by Gasteiger charge is -2.23. The lowest BCUT2D eigenvalue weighted by molar-refractivity contribution is -0.124. The minimum Gasteiger partial charge on any atom is -0.343 e. The van der Waals surface area contributed by atoms with Crippen LogP contribution in [0, 0.1) is 5.82 Å². The van der Waals surface area contributed by atoms with Gasteiger partial charge >= 0.3 is 0 Å². The van der Waals surface area contributed by atoms with Gasteiger partial charge in [-0.15, -0.1) is 0 Å². The van der Waals surface area contributed by atoms with E-state index in [-0.39, 0.29) is 11.0 Å². The third kappa shape index (κ3) is 1.55. The van der Waals surface area contributed by atoms with E-state index in [1.165, 1.54) is 12.1 Å². The van der Waals surface area contributed by atoms with E-state index in [0.717, 1.165) is 6.20 Å². The monoisotopic (exact) mass is 239 g/mol. The number of amides is 1. The summed E-state index contributed by atoms with van der Waals surface area (Å²) < 4.78 is 12.8. The van der Waals surface area contributed by atoms with Crippen LogP contribution in [-0.2, 0) is 10.3 Å². The summed E-state index contributed by atoms with van der Waals surface area (Å²) in [7, 11) is 0. The van der Waals surface area contributed by atoms with Crippen molar-refractivity contribution in [1.82, 2.24) is 15.6 Å². The molecule has 1 aliphatic rings. The highest BCUT2D eigenvalue weighted by molar-refractivity contribution is 7.80. The van der Waals surface area contributed by atoms with Gasteiger partial charge in [-0.2, -0.15) is 0 Å². The summed E-state index contributed by atoms with van der Waals surface area (Å²) in [4.78, 5) is 15.8. The molecular weight excluding hydrogens is 229 g/mol. The lowest BCUT2D eigenvalue weighted by atomic mass is 9.92. The molecule has 1 amide bonds. The molecule has 2 rings (SSSR count). The first-order chi connectivity index (χ1) is 7.58. The Balaban J connectivity index is 2.46. The molecule has 1 unspecified atom stereocenters. The molecular formula is C10H10FN3OS. The maximum absolute atomic E-state index is 12.8. The molecule has 1 aromatic rings. The molecule has 2 N–H and O–H groups in total. The zero-order chi connectivity index (χ0) is 11.8. The van der Waals surface area contributed by atoms with E-state index in [2.05, 4.69) is 15.6 Å². The van der Waals surface area contributed by atoms with Crippen LogP contribution in [0.25, 0.3) is 0 Å². The van der Waals surface area contributed by atoms with Gasteiger partial charge in [-0.25, -0.2) is 4.39 Å². The van der Waals surface area contributed by atoms with Crippen molar-refractivity contribution in [3.05, 3.63) is 29.8 Å². The fourth-order valence-electron chi connectivity index (χ4n) is 1.73. The minimum atomic E-state index is -0.967. The Morgan fingerprint density at radius 2 is 2.31 bits per heavy atom. The van der Waals surface area contributed by atoms with Gasteiger partial charge in [0.05, 0.1) is 11.9 Å². The number of rotatable bonds is 2. The SMILES string of the molecule is CCC1(c2ccc(F)cn2)NC(=S)NC1=O. The van der Waals surface area contributed by atoms with Crippen molar-refractivity contribution in [3.63, 3.8) is 0 Å². The molecule has 2 heterocycles. The van der Waals surface area contributed by atoms with Crippen molar-refractivity contribution in [3.8, 4) is 0 Å². The van der Waals surface area contributed by atoms with Crippen molar-refractivity contribution >= 4 is 23.2 Å². The molecule has 0 aromatic carbocycles. The zero-order valence-corrected chi connectivity index (χ0v) is 9.40. The normalized spacial score (nSPS) is 24.1. The molecule has 1 aliphatic heterocycles. The first-order valence-corrected chi connectivity index (χ1v) is 5.25. The highest BCUT2D eigenvalue weighted by Gasteiger charge is 2.45. The molecule has 0 spiro atoms. The second-order valence-electron chi connectivity index (χ2n) is 3.53. The van der Waals surface area contributed by atoms with Crippen LogP contribution < -0.4 is 10.6 Å². The van der Waals surface area contributed by atoms with Gasteiger partial charge in [-0.3, -0.25) is 9.78 Å². The molecule has 1 fully saturated rings. The fourth-order valence-corrected chi connectivity index (χ4v) is 2.00.